The van der Waals surface area contributed by atoms with Gasteiger partial charge in [0.15, 0.2) is 0 Å². The average molecular weight is 424 g/mol. The Bertz CT molecular complexity index is 1010. The highest BCUT2D eigenvalue weighted by molar-refractivity contribution is 5.95. The van der Waals surface area contributed by atoms with Gasteiger partial charge in [0.2, 0.25) is 0 Å². The van der Waals surface area contributed by atoms with Crippen molar-refractivity contribution in [1.29, 1.82) is 0 Å². The molecule has 0 aliphatic carbocycles. The molecule has 0 bridgehead atoms. The fourth-order valence-electron chi connectivity index (χ4n) is 3.48. The summed E-state index contributed by atoms with van der Waals surface area (Å²) in [5, 5.41) is 2.89. The van der Waals surface area contributed by atoms with Crippen LogP contribution >= 0.6 is 0 Å². The van der Waals surface area contributed by atoms with Gasteiger partial charge in [-0.2, -0.15) is 0 Å². The van der Waals surface area contributed by atoms with E-state index in [0.717, 1.165) is 11.1 Å². The second kappa shape index (κ2) is 9.55. The maximum Gasteiger partial charge on any atom is 0.338 e. The van der Waals surface area contributed by atoms with Crippen LogP contribution in [0.5, 0.6) is 11.5 Å². The van der Waals surface area contributed by atoms with Gasteiger partial charge in [0, 0.05) is 7.05 Å². The molecule has 2 aromatic carbocycles. The van der Waals surface area contributed by atoms with Crippen molar-refractivity contribution in [3.8, 4) is 11.5 Å². The second-order valence-corrected chi connectivity index (χ2v) is 7.29. The Morgan fingerprint density at radius 1 is 1.16 bits per heavy atom. The average Bonchev–Trinajstić information content (AvgIpc) is 2.77. The lowest BCUT2D eigenvalue weighted by Crippen LogP contribution is -2.48. The molecule has 0 unspecified atom stereocenters. The molecule has 1 heterocycles. The van der Waals surface area contributed by atoms with Crippen molar-refractivity contribution in [2.24, 2.45) is 0 Å². The maximum atomic E-state index is 13.0. The van der Waals surface area contributed by atoms with Gasteiger partial charge in [0.25, 0.3) is 0 Å². The van der Waals surface area contributed by atoms with E-state index in [1.807, 2.05) is 44.2 Å². The Labute approximate surface area is 182 Å². The van der Waals surface area contributed by atoms with Crippen molar-refractivity contribution < 1.29 is 23.8 Å². The number of hydrogen-bond acceptors (Lipinski definition) is 5. The van der Waals surface area contributed by atoms with Crippen LogP contribution in [0.15, 0.2) is 53.7 Å². The number of benzene rings is 2. The number of rotatable bonds is 7. The van der Waals surface area contributed by atoms with Crippen LogP contribution in [-0.4, -0.2) is 44.3 Å². The molecule has 0 saturated heterocycles. The normalized spacial score (nSPS) is 16.1. The van der Waals surface area contributed by atoms with E-state index in [1.54, 1.807) is 33.2 Å². The lowest BCUT2D eigenvalue weighted by atomic mass is 9.94. The van der Waals surface area contributed by atoms with Crippen molar-refractivity contribution in [1.82, 2.24) is 10.2 Å². The zero-order valence-electron chi connectivity index (χ0n) is 18.5. The summed E-state index contributed by atoms with van der Waals surface area (Å²) < 4.78 is 16.7. The number of esters is 1. The fraction of sp³-hybridized carbons (Fsp3) is 0.333. The topological polar surface area (TPSA) is 77.1 Å². The van der Waals surface area contributed by atoms with E-state index in [2.05, 4.69) is 5.32 Å². The molecule has 7 nitrogen and oxygen atoms in total. The van der Waals surface area contributed by atoms with Crippen LogP contribution in [-0.2, 0) is 9.53 Å². The molecule has 31 heavy (non-hydrogen) atoms. The van der Waals surface area contributed by atoms with Gasteiger partial charge in [0.05, 0.1) is 31.0 Å². The molecule has 1 aliphatic rings. The summed E-state index contributed by atoms with van der Waals surface area (Å²) in [7, 11) is 3.18. The van der Waals surface area contributed by atoms with Crippen molar-refractivity contribution >= 4 is 12.0 Å². The SMILES string of the molecule is CCOC(=O)C1=C(COc2cccc(C)c2C)N(C)C(=O)N[C@@H]1c1cccc(OC)c1. The lowest BCUT2D eigenvalue weighted by molar-refractivity contribution is -0.139. The Morgan fingerprint density at radius 3 is 2.61 bits per heavy atom. The molecule has 0 fully saturated rings. The van der Waals surface area contributed by atoms with E-state index < -0.39 is 12.0 Å². The highest BCUT2D eigenvalue weighted by Crippen LogP contribution is 2.33. The van der Waals surface area contributed by atoms with Crippen molar-refractivity contribution in [3.63, 3.8) is 0 Å². The van der Waals surface area contributed by atoms with Gasteiger partial charge in [-0.25, -0.2) is 9.59 Å². The van der Waals surface area contributed by atoms with Crippen LogP contribution in [0, 0.1) is 13.8 Å². The first-order valence-corrected chi connectivity index (χ1v) is 10.1. The predicted molar refractivity (Wildman–Crippen MR) is 117 cm³/mol. The number of likely N-dealkylation sites (N-methyl/N-ethyl adjacent to an activating group) is 1. The molecule has 0 radical (unpaired) electrons. The summed E-state index contributed by atoms with van der Waals surface area (Å²) in [6.07, 6.45) is 0. The Kier molecular flexibility index (Phi) is 6.84. The first kappa shape index (κ1) is 22.2. The minimum Gasteiger partial charge on any atom is -0.497 e. The standard InChI is InChI=1S/C24H28N2O5/c1-6-30-23(27)21-19(14-31-20-12-7-9-15(2)16(20)3)26(4)24(28)25-22(21)17-10-8-11-18(13-17)29-5/h7-13,22H,6,14H2,1-5H3,(H,25,28)/t22-/m1/s1. The molecule has 7 heteroatoms. The number of amides is 2. The number of aryl methyl sites for hydroxylation is 1. The van der Waals surface area contributed by atoms with Gasteiger partial charge in [-0.3, -0.25) is 4.90 Å². The third-order valence-electron chi connectivity index (χ3n) is 5.42. The monoisotopic (exact) mass is 424 g/mol. The van der Waals surface area contributed by atoms with Gasteiger partial charge in [-0.15, -0.1) is 0 Å². The number of urea groups is 1. The van der Waals surface area contributed by atoms with Gasteiger partial charge in [-0.05, 0) is 55.7 Å². The molecule has 1 aliphatic heterocycles. The molecule has 1 atom stereocenters. The quantitative estimate of drug-likeness (QED) is 0.682. The van der Waals surface area contributed by atoms with Crippen LogP contribution < -0.4 is 14.8 Å². The van der Waals surface area contributed by atoms with E-state index in [4.69, 9.17) is 14.2 Å². The van der Waals surface area contributed by atoms with Gasteiger partial charge < -0.3 is 19.5 Å². The van der Waals surface area contributed by atoms with Crippen LogP contribution in [0.3, 0.4) is 0 Å². The van der Waals surface area contributed by atoms with Crippen molar-refractivity contribution in [3.05, 3.63) is 70.4 Å². The number of hydrogen-bond donors (Lipinski definition) is 1. The van der Waals surface area contributed by atoms with Crippen LogP contribution in [0.4, 0.5) is 4.79 Å². The molecule has 164 valence electrons. The summed E-state index contributed by atoms with van der Waals surface area (Å²) in [6, 6.07) is 12.0. The minimum absolute atomic E-state index is 0.0445. The number of carbonyl (C=O) groups is 2. The Balaban J connectivity index is 2.06. The summed E-state index contributed by atoms with van der Waals surface area (Å²) in [5.41, 5.74) is 3.61. The van der Waals surface area contributed by atoms with Gasteiger partial charge in [-0.1, -0.05) is 24.3 Å². The van der Waals surface area contributed by atoms with Crippen LogP contribution in [0.2, 0.25) is 0 Å². The van der Waals surface area contributed by atoms with E-state index in [0.29, 0.717) is 28.3 Å². The van der Waals surface area contributed by atoms with E-state index >= 15 is 0 Å². The number of ether oxygens (including phenoxy) is 3. The first-order chi connectivity index (χ1) is 14.9. The molecule has 2 aromatic rings. The number of carbonyl (C=O) groups excluding carboxylic acids is 2. The highest BCUT2D eigenvalue weighted by Gasteiger charge is 2.37. The predicted octanol–water partition coefficient (Wildman–Crippen LogP) is 3.90. The molecule has 0 spiro atoms. The third kappa shape index (κ3) is 4.66. The van der Waals surface area contributed by atoms with E-state index in [-0.39, 0.29) is 19.2 Å². The number of methoxy groups -OCH3 is 1. The highest BCUT2D eigenvalue weighted by atomic mass is 16.5. The zero-order chi connectivity index (χ0) is 22.5. The molecule has 0 saturated carbocycles. The Morgan fingerprint density at radius 2 is 1.90 bits per heavy atom. The molecule has 0 aromatic heterocycles. The molecule has 3 rings (SSSR count). The first-order valence-electron chi connectivity index (χ1n) is 10.1. The summed E-state index contributed by atoms with van der Waals surface area (Å²) in [6.45, 7) is 5.99. The van der Waals surface area contributed by atoms with Crippen molar-refractivity contribution in [2.75, 3.05) is 27.4 Å². The minimum atomic E-state index is -0.685. The van der Waals surface area contributed by atoms with E-state index in [9.17, 15) is 9.59 Å². The smallest absolute Gasteiger partial charge is 0.338 e. The summed E-state index contributed by atoms with van der Waals surface area (Å²) >= 11 is 0. The Hall–Kier alpha value is -3.48. The molecular formula is C24H28N2O5. The number of nitrogens with zero attached hydrogens (tertiary/aromatic N) is 1. The van der Waals surface area contributed by atoms with Gasteiger partial charge in [0.1, 0.15) is 18.1 Å². The number of nitrogens with one attached hydrogen (secondary N) is 1. The van der Waals surface area contributed by atoms with Gasteiger partial charge >= 0.3 is 12.0 Å². The summed E-state index contributed by atoms with van der Waals surface area (Å²) in [4.78, 5) is 27.1. The third-order valence-corrected chi connectivity index (χ3v) is 5.42. The molecule has 2 amide bonds. The van der Waals surface area contributed by atoms with Crippen LogP contribution in [0.1, 0.15) is 29.7 Å². The summed E-state index contributed by atoms with van der Waals surface area (Å²) in [5.74, 6) is 0.830. The maximum absolute atomic E-state index is 13.0. The van der Waals surface area contributed by atoms with Crippen LogP contribution in [0.25, 0.3) is 0 Å². The lowest BCUT2D eigenvalue weighted by Gasteiger charge is -2.34. The molecule has 1 N–H and O–H groups in total. The largest absolute Gasteiger partial charge is 0.497 e. The van der Waals surface area contributed by atoms with Crippen molar-refractivity contribution in [2.45, 2.75) is 26.8 Å². The zero-order valence-corrected chi connectivity index (χ0v) is 18.5. The van der Waals surface area contributed by atoms with E-state index in [1.165, 1.54) is 4.90 Å². The second-order valence-electron chi connectivity index (χ2n) is 7.29. The fourth-order valence-corrected chi connectivity index (χ4v) is 3.48. The molecular weight excluding hydrogens is 396 g/mol.